The van der Waals surface area contributed by atoms with Crippen LogP contribution in [0.15, 0.2) is 24.3 Å². The van der Waals surface area contributed by atoms with Gasteiger partial charge in [-0.25, -0.2) is 5.84 Å². The van der Waals surface area contributed by atoms with E-state index in [0.717, 1.165) is 5.69 Å². The van der Waals surface area contributed by atoms with Gasteiger partial charge in [0.25, 0.3) is 0 Å². The predicted molar refractivity (Wildman–Crippen MR) is 51.3 cm³/mol. The minimum Gasteiger partial charge on any atom is -0.313 e. The van der Waals surface area contributed by atoms with Gasteiger partial charge in [0.15, 0.2) is 0 Å². The predicted octanol–water partition coefficient (Wildman–Crippen LogP) is 2.07. The third kappa shape index (κ3) is 2.58. The molecule has 0 aliphatic carbocycles. The van der Waals surface area contributed by atoms with Crippen molar-refractivity contribution in [1.82, 2.24) is 0 Å². The van der Waals surface area contributed by atoms with Crippen molar-refractivity contribution in [2.75, 3.05) is 12.1 Å². The summed E-state index contributed by atoms with van der Waals surface area (Å²) in [6.07, 6.45) is 0. The smallest absolute Gasteiger partial charge is 0.0700 e. The Morgan fingerprint density at radius 3 is 2.27 bits per heavy atom. The average Bonchev–Trinajstić information content (AvgIpc) is 1.88. The Hall–Kier alpha value is -0.440. The SMILES string of the molecule is CN(N)c1ccccc1Cl.Cl. The van der Waals surface area contributed by atoms with Gasteiger partial charge in [-0.15, -0.1) is 12.4 Å². The van der Waals surface area contributed by atoms with E-state index in [1.807, 2.05) is 18.2 Å². The van der Waals surface area contributed by atoms with Crippen LogP contribution in [0.1, 0.15) is 0 Å². The molecular weight excluding hydrogens is 183 g/mol. The van der Waals surface area contributed by atoms with Crippen LogP contribution in [0, 0.1) is 0 Å². The highest BCUT2D eigenvalue weighted by Gasteiger charge is 1.98. The van der Waals surface area contributed by atoms with E-state index in [0.29, 0.717) is 5.02 Å². The summed E-state index contributed by atoms with van der Waals surface area (Å²) < 4.78 is 0. The van der Waals surface area contributed by atoms with Crippen LogP contribution >= 0.6 is 24.0 Å². The van der Waals surface area contributed by atoms with Crippen LogP contribution in [0.25, 0.3) is 0 Å². The first-order valence-corrected chi connectivity index (χ1v) is 3.32. The highest BCUT2D eigenvalue weighted by molar-refractivity contribution is 6.33. The lowest BCUT2D eigenvalue weighted by atomic mass is 10.3. The molecule has 2 N–H and O–H groups in total. The number of hydrogen-bond donors (Lipinski definition) is 1. The van der Waals surface area contributed by atoms with Crippen LogP contribution in [0.3, 0.4) is 0 Å². The molecule has 0 heterocycles. The maximum Gasteiger partial charge on any atom is 0.0700 e. The monoisotopic (exact) mass is 192 g/mol. The molecule has 1 aromatic carbocycles. The van der Waals surface area contributed by atoms with Crippen LogP contribution in [0.5, 0.6) is 0 Å². The highest BCUT2D eigenvalue weighted by Crippen LogP contribution is 2.21. The van der Waals surface area contributed by atoms with Crippen LogP contribution in [0.2, 0.25) is 5.02 Å². The Balaban J connectivity index is 0.000001000. The Bertz CT molecular complexity index is 225. The average molecular weight is 193 g/mol. The maximum absolute atomic E-state index is 5.80. The minimum atomic E-state index is 0. The Labute approximate surface area is 77.3 Å². The summed E-state index contributed by atoms with van der Waals surface area (Å²) in [6, 6.07) is 7.43. The molecule has 0 fully saturated rings. The number of para-hydroxylation sites is 1. The summed E-state index contributed by atoms with van der Waals surface area (Å²) in [6.45, 7) is 0. The van der Waals surface area contributed by atoms with Gasteiger partial charge in [-0.05, 0) is 12.1 Å². The number of benzene rings is 1. The van der Waals surface area contributed by atoms with Gasteiger partial charge in [-0.1, -0.05) is 23.7 Å². The lowest BCUT2D eigenvalue weighted by molar-refractivity contribution is 1.02. The van der Waals surface area contributed by atoms with Crippen LogP contribution in [-0.2, 0) is 0 Å². The quantitative estimate of drug-likeness (QED) is 0.546. The van der Waals surface area contributed by atoms with Crippen molar-refractivity contribution < 1.29 is 0 Å². The summed E-state index contributed by atoms with van der Waals surface area (Å²) in [4.78, 5) is 0. The molecule has 0 radical (unpaired) electrons. The molecule has 1 rings (SSSR count). The fraction of sp³-hybridized carbons (Fsp3) is 0.143. The van der Waals surface area contributed by atoms with E-state index in [1.54, 1.807) is 13.1 Å². The number of nitrogens with two attached hydrogens (primary N) is 1. The number of anilines is 1. The molecule has 0 aliphatic rings. The number of rotatable bonds is 1. The first-order valence-electron chi connectivity index (χ1n) is 2.95. The summed E-state index contributed by atoms with van der Waals surface area (Å²) >= 11 is 5.80. The summed E-state index contributed by atoms with van der Waals surface area (Å²) in [7, 11) is 1.75. The molecule has 2 nitrogen and oxygen atoms in total. The molecule has 0 saturated carbocycles. The van der Waals surface area contributed by atoms with E-state index in [2.05, 4.69) is 0 Å². The molecular formula is C7H10Cl2N2. The highest BCUT2D eigenvalue weighted by atomic mass is 35.5. The largest absolute Gasteiger partial charge is 0.313 e. The number of nitrogens with zero attached hydrogens (tertiary/aromatic N) is 1. The van der Waals surface area contributed by atoms with Crippen LogP contribution in [0.4, 0.5) is 5.69 Å². The van der Waals surface area contributed by atoms with Gasteiger partial charge < -0.3 is 5.01 Å². The third-order valence-electron chi connectivity index (χ3n) is 1.23. The molecule has 1 aromatic rings. The fourth-order valence-electron chi connectivity index (χ4n) is 0.738. The molecule has 4 heteroatoms. The zero-order chi connectivity index (χ0) is 7.56. The zero-order valence-corrected chi connectivity index (χ0v) is 7.69. The van der Waals surface area contributed by atoms with Gasteiger partial charge >= 0.3 is 0 Å². The van der Waals surface area contributed by atoms with E-state index >= 15 is 0 Å². The summed E-state index contributed by atoms with van der Waals surface area (Å²) in [5.74, 6) is 5.46. The number of halogens is 2. The molecule has 0 amide bonds. The van der Waals surface area contributed by atoms with E-state index in [9.17, 15) is 0 Å². The normalized spacial score (nSPS) is 8.64. The standard InChI is InChI=1S/C7H9ClN2.ClH/c1-10(9)7-5-3-2-4-6(7)8;/h2-5H,9H2,1H3;1H. The van der Waals surface area contributed by atoms with Gasteiger partial charge in [0.1, 0.15) is 0 Å². The van der Waals surface area contributed by atoms with Crippen molar-refractivity contribution in [2.45, 2.75) is 0 Å². The summed E-state index contributed by atoms with van der Waals surface area (Å²) in [5.41, 5.74) is 0.837. The topological polar surface area (TPSA) is 29.3 Å². The molecule has 0 bridgehead atoms. The van der Waals surface area contributed by atoms with E-state index in [4.69, 9.17) is 17.4 Å². The van der Waals surface area contributed by atoms with Gasteiger partial charge in [0.2, 0.25) is 0 Å². The fourth-order valence-corrected chi connectivity index (χ4v) is 1.01. The number of hydrogen-bond acceptors (Lipinski definition) is 2. The second-order valence-electron chi connectivity index (χ2n) is 2.06. The Kier molecular flexibility index (Phi) is 4.26. The molecule has 0 atom stereocenters. The lowest BCUT2D eigenvalue weighted by Gasteiger charge is -2.12. The maximum atomic E-state index is 5.80. The molecule has 62 valence electrons. The van der Waals surface area contributed by atoms with E-state index < -0.39 is 0 Å². The minimum absolute atomic E-state index is 0. The van der Waals surface area contributed by atoms with Gasteiger partial charge in [-0.2, -0.15) is 0 Å². The molecule has 0 spiro atoms. The summed E-state index contributed by atoms with van der Waals surface area (Å²) in [5, 5.41) is 2.16. The molecule has 0 saturated heterocycles. The lowest BCUT2D eigenvalue weighted by Crippen LogP contribution is -2.25. The van der Waals surface area contributed by atoms with Crippen LogP contribution < -0.4 is 10.9 Å². The van der Waals surface area contributed by atoms with Crippen LogP contribution in [-0.4, -0.2) is 7.05 Å². The van der Waals surface area contributed by atoms with Gasteiger partial charge in [-0.3, -0.25) is 0 Å². The van der Waals surface area contributed by atoms with E-state index in [-0.39, 0.29) is 12.4 Å². The second-order valence-corrected chi connectivity index (χ2v) is 2.47. The molecule has 0 aromatic heterocycles. The Morgan fingerprint density at radius 2 is 1.91 bits per heavy atom. The first kappa shape index (κ1) is 10.6. The van der Waals surface area contributed by atoms with E-state index in [1.165, 1.54) is 5.01 Å². The van der Waals surface area contributed by atoms with Gasteiger partial charge in [0.05, 0.1) is 10.7 Å². The number of hydrazine groups is 1. The Morgan fingerprint density at radius 1 is 1.36 bits per heavy atom. The third-order valence-corrected chi connectivity index (χ3v) is 1.55. The van der Waals surface area contributed by atoms with Crippen molar-refractivity contribution in [2.24, 2.45) is 5.84 Å². The van der Waals surface area contributed by atoms with Crippen molar-refractivity contribution in [1.29, 1.82) is 0 Å². The second kappa shape index (κ2) is 4.44. The van der Waals surface area contributed by atoms with Crippen molar-refractivity contribution in [3.63, 3.8) is 0 Å². The van der Waals surface area contributed by atoms with Crippen molar-refractivity contribution in [3.8, 4) is 0 Å². The van der Waals surface area contributed by atoms with Crippen molar-refractivity contribution >= 4 is 29.7 Å². The molecule has 0 unspecified atom stereocenters. The zero-order valence-electron chi connectivity index (χ0n) is 6.12. The molecule has 11 heavy (non-hydrogen) atoms. The van der Waals surface area contributed by atoms with Crippen molar-refractivity contribution in [3.05, 3.63) is 29.3 Å². The first-order chi connectivity index (χ1) is 4.72. The molecule has 0 aliphatic heterocycles. The van der Waals surface area contributed by atoms with Gasteiger partial charge in [0, 0.05) is 7.05 Å².